The van der Waals surface area contributed by atoms with Crippen molar-refractivity contribution in [2.24, 2.45) is 11.1 Å². The van der Waals surface area contributed by atoms with E-state index in [1.165, 1.54) is 0 Å². The molecule has 0 fully saturated rings. The van der Waals surface area contributed by atoms with Gasteiger partial charge in [-0.05, 0) is 20.3 Å². The van der Waals surface area contributed by atoms with E-state index in [2.05, 4.69) is 18.8 Å². The van der Waals surface area contributed by atoms with E-state index in [9.17, 15) is 5.11 Å². The number of nitrogens with two attached hydrogens (primary N) is 1. The molecule has 0 aliphatic heterocycles. The standard InChI is InChI=1S/C12H23N3O/c1-5-12(4,7-13)11(16)10-6-14-8-15(10)9(2)3/h6,8-9,11,16H,5,7,13H2,1-4H3. The van der Waals surface area contributed by atoms with Crippen LogP contribution in [0.3, 0.4) is 0 Å². The first-order valence-electron chi connectivity index (χ1n) is 5.86. The van der Waals surface area contributed by atoms with Gasteiger partial charge in [0.05, 0.1) is 18.2 Å². The minimum absolute atomic E-state index is 0.285. The highest BCUT2D eigenvalue weighted by Crippen LogP contribution is 2.36. The van der Waals surface area contributed by atoms with Crippen molar-refractivity contribution in [1.82, 2.24) is 9.55 Å². The van der Waals surface area contributed by atoms with Gasteiger partial charge in [-0.1, -0.05) is 13.8 Å². The third-order valence-corrected chi connectivity index (χ3v) is 3.47. The predicted octanol–water partition coefficient (Wildman–Crippen LogP) is 1.87. The van der Waals surface area contributed by atoms with Crippen molar-refractivity contribution >= 4 is 0 Å². The summed E-state index contributed by atoms with van der Waals surface area (Å²) in [6.45, 7) is 8.67. The number of hydrogen-bond donors (Lipinski definition) is 2. The summed E-state index contributed by atoms with van der Waals surface area (Å²) in [5.41, 5.74) is 6.33. The van der Waals surface area contributed by atoms with E-state index in [1.807, 2.05) is 18.4 Å². The molecule has 4 heteroatoms. The highest BCUT2D eigenvalue weighted by Gasteiger charge is 2.33. The van der Waals surface area contributed by atoms with Crippen LogP contribution in [0.1, 0.15) is 52.0 Å². The first kappa shape index (κ1) is 13.2. The zero-order valence-corrected chi connectivity index (χ0v) is 10.6. The molecule has 0 saturated carbocycles. The van der Waals surface area contributed by atoms with Gasteiger partial charge in [0.15, 0.2) is 0 Å². The molecular weight excluding hydrogens is 202 g/mol. The summed E-state index contributed by atoms with van der Waals surface area (Å²) in [5.74, 6) is 0. The number of hydrogen-bond acceptors (Lipinski definition) is 3. The zero-order chi connectivity index (χ0) is 12.3. The summed E-state index contributed by atoms with van der Waals surface area (Å²) in [4.78, 5) is 4.11. The fraction of sp³-hybridized carbons (Fsp3) is 0.750. The van der Waals surface area contributed by atoms with Gasteiger partial charge in [-0.3, -0.25) is 0 Å². The maximum Gasteiger partial charge on any atom is 0.102 e. The lowest BCUT2D eigenvalue weighted by molar-refractivity contribution is 0.0321. The maximum atomic E-state index is 10.4. The molecule has 0 aliphatic rings. The number of aliphatic hydroxyl groups is 1. The van der Waals surface area contributed by atoms with Crippen LogP contribution < -0.4 is 5.73 Å². The van der Waals surface area contributed by atoms with Crippen molar-refractivity contribution in [3.05, 3.63) is 18.2 Å². The van der Waals surface area contributed by atoms with E-state index in [-0.39, 0.29) is 5.41 Å². The number of aromatic nitrogens is 2. The van der Waals surface area contributed by atoms with Crippen LogP contribution in [0.2, 0.25) is 0 Å². The van der Waals surface area contributed by atoms with E-state index in [4.69, 9.17) is 5.73 Å². The molecule has 0 spiro atoms. The molecule has 1 aromatic heterocycles. The van der Waals surface area contributed by atoms with Crippen LogP contribution in [0.5, 0.6) is 0 Å². The lowest BCUT2D eigenvalue weighted by atomic mass is 9.80. The van der Waals surface area contributed by atoms with Gasteiger partial charge >= 0.3 is 0 Å². The van der Waals surface area contributed by atoms with E-state index in [1.54, 1.807) is 12.5 Å². The smallest absolute Gasteiger partial charge is 0.102 e. The second-order valence-corrected chi connectivity index (χ2v) is 4.93. The Balaban J connectivity index is 3.04. The largest absolute Gasteiger partial charge is 0.386 e. The van der Waals surface area contributed by atoms with Crippen LogP contribution in [0, 0.1) is 5.41 Å². The van der Waals surface area contributed by atoms with Crippen LogP contribution in [0.15, 0.2) is 12.5 Å². The minimum Gasteiger partial charge on any atom is -0.386 e. The molecular formula is C12H23N3O. The van der Waals surface area contributed by atoms with Crippen molar-refractivity contribution in [1.29, 1.82) is 0 Å². The molecule has 0 amide bonds. The summed E-state index contributed by atoms with van der Waals surface area (Å²) in [6, 6.07) is 0.297. The van der Waals surface area contributed by atoms with Gasteiger partial charge in [0.25, 0.3) is 0 Å². The Kier molecular flexibility index (Phi) is 4.10. The van der Waals surface area contributed by atoms with Crippen LogP contribution in [0.4, 0.5) is 0 Å². The Bertz CT molecular complexity index is 329. The molecule has 0 aliphatic carbocycles. The highest BCUT2D eigenvalue weighted by atomic mass is 16.3. The Morgan fingerprint density at radius 2 is 2.19 bits per heavy atom. The van der Waals surface area contributed by atoms with Crippen LogP contribution >= 0.6 is 0 Å². The molecule has 0 saturated heterocycles. The van der Waals surface area contributed by atoms with E-state index in [0.717, 1.165) is 12.1 Å². The summed E-state index contributed by atoms with van der Waals surface area (Å²) >= 11 is 0. The van der Waals surface area contributed by atoms with Crippen LogP contribution in [0.25, 0.3) is 0 Å². The molecule has 2 atom stereocenters. The fourth-order valence-corrected chi connectivity index (χ4v) is 1.76. The van der Waals surface area contributed by atoms with E-state index in [0.29, 0.717) is 12.6 Å². The third kappa shape index (κ3) is 2.28. The van der Waals surface area contributed by atoms with Gasteiger partial charge < -0.3 is 15.4 Å². The first-order chi connectivity index (χ1) is 7.46. The monoisotopic (exact) mass is 225 g/mol. The summed E-state index contributed by atoms with van der Waals surface area (Å²) in [5, 5.41) is 10.4. The predicted molar refractivity (Wildman–Crippen MR) is 65.0 cm³/mol. The van der Waals surface area contributed by atoms with Crippen LogP contribution in [-0.4, -0.2) is 21.2 Å². The maximum absolute atomic E-state index is 10.4. The molecule has 1 rings (SSSR count). The molecule has 3 N–H and O–H groups in total. The third-order valence-electron chi connectivity index (χ3n) is 3.47. The Hall–Kier alpha value is -0.870. The molecule has 4 nitrogen and oxygen atoms in total. The number of nitrogens with zero attached hydrogens (tertiary/aromatic N) is 2. The van der Waals surface area contributed by atoms with Crippen LogP contribution in [-0.2, 0) is 0 Å². The zero-order valence-electron chi connectivity index (χ0n) is 10.6. The average Bonchev–Trinajstić information content (AvgIpc) is 2.75. The Morgan fingerprint density at radius 3 is 2.62 bits per heavy atom. The number of rotatable bonds is 5. The molecule has 0 aromatic carbocycles. The van der Waals surface area contributed by atoms with Gasteiger partial charge in [-0.15, -0.1) is 0 Å². The van der Waals surface area contributed by atoms with Gasteiger partial charge in [-0.25, -0.2) is 4.98 Å². The van der Waals surface area contributed by atoms with Crippen molar-refractivity contribution < 1.29 is 5.11 Å². The van der Waals surface area contributed by atoms with E-state index >= 15 is 0 Å². The van der Waals surface area contributed by atoms with Crippen molar-refractivity contribution in [3.8, 4) is 0 Å². The molecule has 92 valence electrons. The van der Waals surface area contributed by atoms with Gasteiger partial charge in [0.2, 0.25) is 0 Å². The van der Waals surface area contributed by atoms with Crippen molar-refractivity contribution in [2.75, 3.05) is 6.54 Å². The Morgan fingerprint density at radius 1 is 1.56 bits per heavy atom. The summed E-state index contributed by atoms with van der Waals surface area (Å²) in [6.07, 6.45) is 3.77. The number of aliphatic hydroxyl groups excluding tert-OH is 1. The van der Waals surface area contributed by atoms with E-state index < -0.39 is 6.10 Å². The second-order valence-electron chi connectivity index (χ2n) is 4.93. The number of imidazole rings is 1. The molecule has 0 radical (unpaired) electrons. The molecule has 1 heterocycles. The first-order valence-corrected chi connectivity index (χ1v) is 5.86. The minimum atomic E-state index is -0.563. The van der Waals surface area contributed by atoms with Crippen molar-refractivity contribution in [2.45, 2.75) is 46.3 Å². The molecule has 2 unspecified atom stereocenters. The average molecular weight is 225 g/mol. The van der Waals surface area contributed by atoms with Gasteiger partial charge in [0.1, 0.15) is 6.10 Å². The highest BCUT2D eigenvalue weighted by molar-refractivity contribution is 5.08. The quantitative estimate of drug-likeness (QED) is 0.804. The van der Waals surface area contributed by atoms with Gasteiger partial charge in [0, 0.05) is 18.0 Å². The SMILES string of the molecule is CCC(C)(CN)C(O)c1cncn1C(C)C. The van der Waals surface area contributed by atoms with Crippen molar-refractivity contribution in [3.63, 3.8) is 0 Å². The lowest BCUT2D eigenvalue weighted by Gasteiger charge is -2.33. The molecule has 1 aromatic rings. The fourth-order valence-electron chi connectivity index (χ4n) is 1.76. The molecule has 16 heavy (non-hydrogen) atoms. The summed E-state index contributed by atoms with van der Waals surface area (Å²) in [7, 11) is 0. The normalized spacial score (nSPS) is 17.4. The molecule has 0 bridgehead atoms. The van der Waals surface area contributed by atoms with Gasteiger partial charge in [-0.2, -0.15) is 0 Å². The lowest BCUT2D eigenvalue weighted by Crippen LogP contribution is -2.34. The Labute approximate surface area is 97.5 Å². The topological polar surface area (TPSA) is 64.1 Å². The second kappa shape index (κ2) is 4.97. The summed E-state index contributed by atoms with van der Waals surface area (Å²) < 4.78 is 1.99.